The molecule has 0 aliphatic rings. The second-order valence-corrected chi connectivity index (χ2v) is 6.37. The molecule has 1 aromatic heterocycles. The normalized spacial score (nSPS) is 10.8. The number of hydrogen-bond acceptors (Lipinski definition) is 2. The summed E-state index contributed by atoms with van der Waals surface area (Å²) in [7, 11) is 1.39. The first-order valence-corrected chi connectivity index (χ1v) is 8.53. The van der Waals surface area contributed by atoms with Gasteiger partial charge in [-0.05, 0) is 64.7 Å². The van der Waals surface area contributed by atoms with Crippen molar-refractivity contribution < 1.29 is 9.53 Å². The Morgan fingerprint density at radius 3 is 2.27 bits per heavy atom. The molecule has 0 atom stereocenters. The summed E-state index contributed by atoms with van der Waals surface area (Å²) in [6.07, 6.45) is 0. The number of hydrogen-bond donors (Lipinski definition) is 1. The number of benzene rings is 3. The van der Waals surface area contributed by atoms with Gasteiger partial charge in [-0.2, -0.15) is 0 Å². The molecule has 3 nitrogen and oxygen atoms in total. The van der Waals surface area contributed by atoms with E-state index in [0.717, 1.165) is 22.5 Å². The Hall–Kier alpha value is -3.33. The smallest absolute Gasteiger partial charge is 0.337 e. The molecule has 128 valence electrons. The van der Waals surface area contributed by atoms with Crippen LogP contribution in [-0.4, -0.2) is 18.1 Å². The summed E-state index contributed by atoms with van der Waals surface area (Å²) in [5.41, 5.74) is 6.09. The number of nitrogens with one attached hydrogen (secondary N) is 1. The van der Waals surface area contributed by atoms with E-state index in [1.807, 2.05) is 12.1 Å². The summed E-state index contributed by atoms with van der Waals surface area (Å²) in [4.78, 5) is 15.0. The van der Waals surface area contributed by atoms with Gasteiger partial charge in [-0.3, -0.25) is 0 Å². The Labute approximate surface area is 152 Å². The Morgan fingerprint density at radius 1 is 0.846 bits per heavy atom. The minimum Gasteiger partial charge on any atom is -0.465 e. The highest BCUT2D eigenvalue weighted by Gasteiger charge is 2.08. The van der Waals surface area contributed by atoms with Crippen LogP contribution in [0.25, 0.3) is 33.3 Å². The van der Waals surface area contributed by atoms with Gasteiger partial charge < -0.3 is 9.72 Å². The molecule has 0 radical (unpaired) electrons. The van der Waals surface area contributed by atoms with Gasteiger partial charge in [0.05, 0.1) is 12.7 Å². The number of aryl methyl sites for hydroxylation is 1. The molecule has 0 amide bonds. The van der Waals surface area contributed by atoms with Gasteiger partial charge in [-0.25, -0.2) is 4.79 Å². The number of H-pyrrole nitrogens is 1. The first-order valence-electron chi connectivity index (χ1n) is 8.53. The molecule has 0 saturated carbocycles. The predicted octanol–water partition coefficient (Wildman–Crippen LogP) is 5.60. The average molecular weight is 341 g/mol. The maximum atomic E-state index is 11.6. The number of aromatic amines is 1. The summed E-state index contributed by atoms with van der Waals surface area (Å²) in [6, 6.07) is 24.4. The van der Waals surface area contributed by atoms with Crippen molar-refractivity contribution >= 4 is 16.7 Å². The lowest BCUT2D eigenvalue weighted by molar-refractivity contribution is 0.0601. The molecular weight excluding hydrogens is 322 g/mol. The van der Waals surface area contributed by atoms with E-state index in [2.05, 4.69) is 60.4 Å². The van der Waals surface area contributed by atoms with E-state index >= 15 is 0 Å². The van der Waals surface area contributed by atoms with E-state index in [0.29, 0.717) is 5.56 Å². The number of aromatic nitrogens is 1. The Bertz CT molecular complexity index is 1090. The number of ether oxygens (including phenoxy) is 1. The van der Waals surface area contributed by atoms with Crippen molar-refractivity contribution in [1.82, 2.24) is 4.98 Å². The number of carbonyl (C=O) groups is 1. The molecule has 0 bridgehead atoms. The van der Waals surface area contributed by atoms with Crippen LogP contribution in [0.5, 0.6) is 0 Å². The average Bonchev–Trinajstić information content (AvgIpc) is 3.18. The zero-order valence-corrected chi connectivity index (χ0v) is 14.7. The summed E-state index contributed by atoms with van der Waals surface area (Å²) in [5, 5.41) is 2.52. The highest BCUT2D eigenvalue weighted by atomic mass is 16.5. The van der Waals surface area contributed by atoms with Crippen molar-refractivity contribution in [1.29, 1.82) is 0 Å². The first kappa shape index (κ1) is 16.2. The zero-order chi connectivity index (χ0) is 18.1. The van der Waals surface area contributed by atoms with Crippen LogP contribution in [-0.2, 0) is 4.74 Å². The molecule has 26 heavy (non-hydrogen) atoms. The number of methoxy groups -OCH3 is 1. The monoisotopic (exact) mass is 341 g/mol. The van der Waals surface area contributed by atoms with Crippen LogP contribution in [0.15, 0.2) is 72.8 Å². The molecule has 0 saturated heterocycles. The van der Waals surface area contributed by atoms with E-state index in [4.69, 9.17) is 4.74 Å². The lowest BCUT2D eigenvalue weighted by atomic mass is 10.0. The molecular formula is C23H19NO2. The highest BCUT2D eigenvalue weighted by Crippen LogP contribution is 2.28. The van der Waals surface area contributed by atoms with Crippen LogP contribution >= 0.6 is 0 Å². The van der Waals surface area contributed by atoms with Gasteiger partial charge in [0.1, 0.15) is 0 Å². The van der Waals surface area contributed by atoms with Gasteiger partial charge in [-0.1, -0.05) is 42.5 Å². The summed E-state index contributed by atoms with van der Waals surface area (Å²) in [6.45, 7) is 2.13. The van der Waals surface area contributed by atoms with E-state index in [-0.39, 0.29) is 5.97 Å². The zero-order valence-electron chi connectivity index (χ0n) is 14.7. The van der Waals surface area contributed by atoms with Crippen molar-refractivity contribution in [2.24, 2.45) is 0 Å². The van der Waals surface area contributed by atoms with Gasteiger partial charge in [-0.15, -0.1) is 0 Å². The van der Waals surface area contributed by atoms with Crippen LogP contribution in [0.4, 0.5) is 0 Å². The summed E-state index contributed by atoms with van der Waals surface area (Å²) in [5.74, 6) is -0.324. The number of rotatable bonds is 3. The fourth-order valence-corrected chi connectivity index (χ4v) is 3.23. The summed E-state index contributed by atoms with van der Waals surface area (Å²) < 4.78 is 4.74. The lowest BCUT2D eigenvalue weighted by Gasteiger charge is -2.05. The molecule has 3 aromatic carbocycles. The maximum absolute atomic E-state index is 11.6. The highest BCUT2D eigenvalue weighted by molar-refractivity contribution is 5.90. The SMILES string of the molecule is COC(=O)c1ccc(-c2ccc(-c3ccc4cccc(C)c4c3)[nH]2)cc1. The molecule has 4 rings (SSSR count). The molecule has 0 fully saturated rings. The van der Waals surface area contributed by atoms with E-state index in [9.17, 15) is 4.79 Å². The third-order valence-corrected chi connectivity index (χ3v) is 4.71. The minimum absolute atomic E-state index is 0.324. The third kappa shape index (κ3) is 2.88. The second kappa shape index (κ2) is 6.52. The predicted molar refractivity (Wildman–Crippen MR) is 105 cm³/mol. The number of fused-ring (bicyclic) bond motifs is 1. The molecule has 1 N–H and O–H groups in total. The fraction of sp³-hybridized carbons (Fsp3) is 0.0870. The third-order valence-electron chi connectivity index (χ3n) is 4.71. The molecule has 0 aliphatic heterocycles. The molecule has 0 aliphatic carbocycles. The van der Waals surface area contributed by atoms with Crippen molar-refractivity contribution in [2.75, 3.05) is 7.11 Å². The van der Waals surface area contributed by atoms with Crippen LogP contribution in [0.2, 0.25) is 0 Å². The fourth-order valence-electron chi connectivity index (χ4n) is 3.23. The molecule has 3 heteroatoms. The van der Waals surface area contributed by atoms with E-state index in [1.165, 1.54) is 23.4 Å². The van der Waals surface area contributed by atoms with Crippen LogP contribution in [0.3, 0.4) is 0 Å². The summed E-state index contributed by atoms with van der Waals surface area (Å²) >= 11 is 0. The molecule has 0 spiro atoms. The van der Waals surface area contributed by atoms with Gasteiger partial charge in [0.25, 0.3) is 0 Å². The molecule has 4 aromatic rings. The van der Waals surface area contributed by atoms with Gasteiger partial charge in [0, 0.05) is 11.4 Å². The minimum atomic E-state index is -0.324. The van der Waals surface area contributed by atoms with Gasteiger partial charge in [0.2, 0.25) is 0 Å². The van der Waals surface area contributed by atoms with E-state index in [1.54, 1.807) is 12.1 Å². The Kier molecular flexibility index (Phi) is 4.05. The van der Waals surface area contributed by atoms with E-state index < -0.39 is 0 Å². The van der Waals surface area contributed by atoms with Crippen LogP contribution in [0.1, 0.15) is 15.9 Å². The molecule has 0 unspecified atom stereocenters. The topological polar surface area (TPSA) is 42.1 Å². The number of carbonyl (C=O) groups excluding carboxylic acids is 1. The van der Waals surface area contributed by atoms with Crippen molar-refractivity contribution in [3.8, 4) is 22.5 Å². The first-order chi connectivity index (χ1) is 12.7. The standard InChI is InChI=1S/C23H19NO2/c1-15-4-3-5-16-6-11-19(14-20(15)16)22-13-12-21(24-22)17-7-9-18(10-8-17)23(25)26-2/h3-14,24H,1-2H3. The molecule has 1 heterocycles. The van der Waals surface area contributed by atoms with Gasteiger partial charge in [0.15, 0.2) is 0 Å². The Balaban J connectivity index is 1.68. The lowest BCUT2D eigenvalue weighted by Crippen LogP contribution is -2.00. The van der Waals surface area contributed by atoms with Crippen molar-refractivity contribution in [3.05, 3.63) is 83.9 Å². The van der Waals surface area contributed by atoms with Crippen LogP contribution in [0, 0.1) is 6.92 Å². The van der Waals surface area contributed by atoms with Crippen molar-refractivity contribution in [2.45, 2.75) is 6.92 Å². The number of esters is 1. The Morgan fingerprint density at radius 2 is 1.54 bits per heavy atom. The van der Waals surface area contributed by atoms with Crippen LogP contribution < -0.4 is 0 Å². The van der Waals surface area contributed by atoms with Crippen molar-refractivity contribution in [3.63, 3.8) is 0 Å². The maximum Gasteiger partial charge on any atom is 0.337 e. The quantitative estimate of drug-likeness (QED) is 0.493. The largest absolute Gasteiger partial charge is 0.465 e. The van der Waals surface area contributed by atoms with Gasteiger partial charge >= 0.3 is 5.97 Å². The second-order valence-electron chi connectivity index (χ2n) is 6.37.